The molecule has 2 rings (SSSR count). The molecule has 0 aliphatic heterocycles. The second kappa shape index (κ2) is 3.57. The topological polar surface area (TPSA) is 15.8 Å². The summed E-state index contributed by atoms with van der Waals surface area (Å²) in [5.41, 5.74) is 1.08. The van der Waals surface area contributed by atoms with Crippen LogP contribution in [0.1, 0.15) is 0 Å². The minimum Gasteiger partial charge on any atom is -0.390 e. The van der Waals surface area contributed by atoms with Gasteiger partial charge in [0.25, 0.3) is 0 Å². The largest absolute Gasteiger partial charge is 0.390 e. The molecule has 2 aromatic rings. The Hall–Kier alpha value is -0.0466. The predicted octanol–water partition coefficient (Wildman–Crippen LogP) is 2.76. The molecule has 0 amide bonds. The van der Waals surface area contributed by atoms with Gasteiger partial charge in [-0.05, 0) is 12.2 Å². The van der Waals surface area contributed by atoms with Crippen molar-refractivity contribution < 1.29 is 19.5 Å². The third-order valence-corrected chi connectivity index (χ3v) is 2.48. The second-order valence-electron chi connectivity index (χ2n) is 1.94. The zero-order valence-electron chi connectivity index (χ0n) is 5.76. The van der Waals surface area contributed by atoms with Crippen molar-refractivity contribution in [2.24, 2.45) is 0 Å². The average Bonchev–Trinajstić information content (AvgIpc) is 2.27. The molecule has 0 saturated heterocycles. The summed E-state index contributed by atoms with van der Waals surface area (Å²) in [6.07, 6.45) is 0. The van der Waals surface area contributed by atoms with Gasteiger partial charge in [-0.2, -0.15) is 24.3 Å². The van der Waals surface area contributed by atoms with E-state index in [9.17, 15) is 0 Å². The molecule has 0 bridgehead atoms. The van der Waals surface area contributed by atoms with Crippen LogP contribution in [0.15, 0.2) is 18.2 Å². The van der Waals surface area contributed by atoms with Crippen molar-refractivity contribution in [1.82, 2.24) is 4.98 Å². The molecule has 4 heteroatoms. The minimum atomic E-state index is 0. The molecule has 52 valence electrons. The SMILES string of the molecule is S=c1[nH]c2c[c-]ccc2s1.[Zn]. The van der Waals surface area contributed by atoms with Crippen LogP contribution in [-0.2, 0) is 19.5 Å². The zero-order valence-corrected chi connectivity index (χ0v) is 10.4. The number of hydrogen-bond acceptors (Lipinski definition) is 2. The number of benzene rings is 1. The van der Waals surface area contributed by atoms with Gasteiger partial charge in [-0.15, -0.1) is 11.3 Å². The van der Waals surface area contributed by atoms with Crippen molar-refractivity contribution in [1.29, 1.82) is 0 Å². The Bertz CT molecular complexity index is 368. The van der Waals surface area contributed by atoms with Crippen LogP contribution in [0.5, 0.6) is 0 Å². The number of H-pyrrole nitrogens is 1. The van der Waals surface area contributed by atoms with E-state index in [1.807, 2.05) is 18.2 Å². The number of nitrogens with one attached hydrogen (secondary N) is 1. The van der Waals surface area contributed by atoms with E-state index in [1.54, 1.807) is 11.3 Å². The fourth-order valence-electron chi connectivity index (χ4n) is 0.838. The number of aromatic nitrogens is 1. The van der Waals surface area contributed by atoms with E-state index >= 15 is 0 Å². The maximum absolute atomic E-state index is 4.96. The van der Waals surface area contributed by atoms with Gasteiger partial charge >= 0.3 is 0 Å². The van der Waals surface area contributed by atoms with Crippen LogP contribution in [0.25, 0.3) is 10.2 Å². The quantitative estimate of drug-likeness (QED) is 0.419. The maximum atomic E-state index is 4.96. The van der Waals surface area contributed by atoms with Crippen LogP contribution in [0.2, 0.25) is 0 Å². The smallest absolute Gasteiger partial charge is 0.146 e. The fourth-order valence-corrected chi connectivity index (χ4v) is 1.93. The summed E-state index contributed by atoms with van der Waals surface area (Å²) in [6, 6.07) is 8.78. The van der Waals surface area contributed by atoms with Crippen LogP contribution < -0.4 is 0 Å². The molecular formula is C7H4NS2Zn-. The molecule has 1 nitrogen and oxygen atoms in total. The number of hydrogen-bond donors (Lipinski definition) is 1. The molecule has 1 aromatic carbocycles. The number of thiazole rings is 1. The Balaban J connectivity index is 0.000000605. The Labute approximate surface area is 86.2 Å². The van der Waals surface area contributed by atoms with Gasteiger partial charge in [0.05, 0.1) is 0 Å². The van der Waals surface area contributed by atoms with Crippen molar-refractivity contribution >= 4 is 33.8 Å². The molecule has 1 N–H and O–H groups in total. The first-order valence-electron chi connectivity index (χ1n) is 2.85. The molecule has 0 unspecified atom stereocenters. The first kappa shape index (κ1) is 9.04. The zero-order chi connectivity index (χ0) is 6.97. The van der Waals surface area contributed by atoms with E-state index < -0.39 is 0 Å². The Kier molecular flexibility index (Phi) is 2.93. The molecule has 0 saturated carbocycles. The standard InChI is InChI=1S/C7H4NS2.Zn/c9-7-8-5-3-1-2-4-6(5)10-7;/h2-4H,(H,8,9);/q-1;. The summed E-state index contributed by atoms with van der Waals surface area (Å²) in [5, 5.41) is 0. The first-order chi connectivity index (χ1) is 4.86. The van der Waals surface area contributed by atoms with Gasteiger partial charge in [0.2, 0.25) is 0 Å². The molecule has 0 aliphatic carbocycles. The van der Waals surface area contributed by atoms with Crippen molar-refractivity contribution in [2.45, 2.75) is 0 Å². The molecule has 0 radical (unpaired) electrons. The molecule has 1 heterocycles. The van der Waals surface area contributed by atoms with Gasteiger partial charge in [0.1, 0.15) is 3.95 Å². The predicted molar refractivity (Wildman–Crippen MR) is 45.8 cm³/mol. The molecule has 0 fully saturated rings. The summed E-state index contributed by atoms with van der Waals surface area (Å²) in [7, 11) is 0. The van der Waals surface area contributed by atoms with E-state index in [-0.39, 0.29) is 19.5 Å². The summed E-state index contributed by atoms with van der Waals surface area (Å²) in [6.45, 7) is 0. The number of rotatable bonds is 0. The van der Waals surface area contributed by atoms with Crippen LogP contribution in [0.4, 0.5) is 0 Å². The van der Waals surface area contributed by atoms with Crippen molar-refractivity contribution in [3.05, 3.63) is 28.2 Å². The molecule has 0 atom stereocenters. The van der Waals surface area contributed by atoms with E-state index in [2.05, 4.69) is 11.1 Å². The summed E-state index contributed by atoms with van der Waals surface area (Å²) < 4.78 is 2.03. The minimum absolute atomic E-state index is 0. The van der Waals surface area contributed by atoms with Crippen LogP contribution >= 0.6 is 23.6 Å². The third-order valence-electron chi connectivity index (χ3n) is 1.26. The van der Waals surface area contributed by atoms with Crippen molar-refractivity contribution in [3.8, 4) is 0 Å². The van der Waals surface area contributed by atoms with Crippen LogP contribution in [-0.4, -0.2) is 4.98 Å². The van der Waals surface area contributed by atoms with Gasteiger partial charge in [-0.3, -0.25) is 0 Å². The molecule has 1 aromatic heterocycles. The van der Waals surface area contributed by atoms with Crippen molar-refractivity contribution in [3.63, 3.8) is 0 Å². The molecule has 0 aliphatic rings. The molecule has 0 spiro atoms. The van der Waals surface area contributed by atoms with Gasteiger partial charge in [-0.25, -0.2) is 0 Å². The first-order valence-corrected chi connectivity index (χ1v) is 4.08. The average molecular weight is 232 g/mol. The van der Waals surface area contributed by atoms with Crippen LogP contribution in [0, 0.1) is 10.0 Å². The van der Waals surface area contributed by atoms with Crippen LogP contribution in [0.3, 0.4) is 0 Å². The van der Waals surface area contributed by atoms with E-state index in [0.29, 0.717) is 0 Å². The van der Waals surface area contributed by atoms with E-state index in [4.69, 9.17) is 12.2 Å². The van der Waals surface area contributed by atoms with Gasteiger partial charge in [0, 0.05) is 19.5 Å². The van der Waals surface area contributed by atoms with Gasteiger partial charge < -0.3 is 4.98 Å². The Morgan fingerprint density at radius 2 is 2.36 bits per heavy atom. The Morgan fingerprint density at radius 1 is 1.55 bits per heavy atom. The van der Waals surface area contributed by atoms with E-state index in [1.165, 1.54) is 4.70 Å². The fraction of sp³-hybridized carbons (Fsp3) is 0. The summed E-state index contributed by atoms with van der Waals surface area (Å²) in [4.78, 5) is 3.06. The number of fused-ring (bicyclic) bond motifs is 1. The third kappa shape index (κ3) is 1.75. The normalized spacial score (nSPS) is 9.45. The van der Waals surface area contributed by atoms with Crippen molar-refractivity contribution in [2.75, 3.05) is 0 Å². The Morgan fingerprint density at radius 3 is 3.09 bits per heavy atom. The summed E-state index contributed by atoms with van der Waals surface area (Å²) >= 11 is 6.55. The summed E-state index contributed by atoms with van der Waals surface area (Å²) in [5.74, 6) is 0. The maximum Gasteiger partial charge on any atom is 0.146 e. The van der Waals surface area contributed by atoms with Gasteiger partial charge in [0.15, 0.2) is 0 Å². The molecule has 11 heavy (non-hydrogen) atoms. The van der Waals surface area contributed by atoms with Gasteiger partial charge in [-0.1, -0.05) is 10.2 Å². The van der Waals surface area contributed by atoms with E-state index in [0.717, 1.165) is 9.47 Å². The monoisotopic (exact) mass is 230 g/mol. The second-order valence-corrected chi connectivity index (χ2v) is 3.66. The number of aromatic amines is 1. The molecular weight excluding hydrogens is 228 g/mol.